The summed E-state index contributed by atoms with van der Waals surface area (Å²) in [7, 11) is 0. The first kappa shape index (κ1) is 32.1. The molecule has 6 nitrogen and oxygen atoms in total. The van der Waals surface area contributed by atoms with Crippen molar-refractivity contribution in [2.24, 2.45) is 5.92 Å². The zero-order valence-electron chi connectivity index (χ0n) is 26.8. The molecule has 1 amide bonds. The van der Waals surface area contributed by atoms with E-state index in [0.717, 1.165) is 53.0 Å². The molecule has 46 heavy (non-hydrogen) atoms. The van der Waals surface area contributed by atoms with Crippen LogP contribution in [0.3, 0.4) is 0 Å². The Morgan fingerprint density at radius 1 is 0.761 bits per heavy atom. The third-order valence-corrected chi connectivity index (χ3v) is 9.42. The summed E-state index contributed by atoms with van der Waals surface area (Å²) in [6, 6.07) is 34.2. The molecular formula is C40H46N2O4. The first-order chi connectivity index (χ1) is 22.6. The van der Waals surface area contributed by atoms with Crippen LogP contribution in [0.2, 0.25) is 0 Å². The molecule has 0 aromatic heterocycles. The van der Waals surface area contributed by atoms with Gasteiger partial charge < -0.3 is 24.8 Å². The lowest BCUT2D eigenvalue weighted by Gasteiger charge is -2.43. The van der Waals surface area contributed by atoms with E-state index in [9.17, 15) is 9.90 Å². The molecule has 2 aliphatic rings. The average molecular weight is 619 g/mol. The van der Waals surface area contributed by atoms with Crippen molar-refractivity contribution >= 4 is 5.91 Å². The molecule has 0 aliphatic carbocycles. The van der Waals surface area contributed by atoms with Gasteiger partial charge in [-0.1, -0.05) is 105 Å². The Bertz CT molecular complexity index is 1550. The van der Waals surface area contributed by atoms with Crippen LogP contribution in [0.15, 0.2) is 103 Å². The summed E-state index contributed by atoms with van der Waals surface area (Å²) in [5.74, 6) is 0.0762. The number of ether oxygens (including phenoxy) is 2. The van der Waals surface area contributed by atoms with E-state index in [-0.39, 0.29) is 30.6 Å². The quantitative estimate of drug-likeness (QED) is 0.200. The first-order valence-corrected chi connectivity index (χ1v) is 16.8. The second-order valence-corrected chi connectivity index (χ2v) is 12.8. The predicted octanol–water partition coefficient (Wildman–Crippen LogP) is 7.83. The summed E-state index contributed by atoms with van der Waals surface area (Å²) in [6.07, 6.45) is 5.80. The summed E-state index contributed by atoms with van der Waals surface area (Å²) in [5.41, 5.74) is 6.83. The number of rotatable bonds is 9. The zero-order valence-corrected chi connectivity index (χ0v) is 26.8. The number of nitrogens with one attached hydrogen (secondary N) is 1. The number of likely N-dealkylation sites (tertiary alicyclic amines) is 1. The molecule has 6 heteroatoms. The van der Waals surface area contributed by atoms with Crippen LogP contribution < -0.4 is 5.32 Å². The van der Waals surface area contributed by atoms with E-state index in [1.807, 2.05) is 54.6 Å². The highest BCUT2D eigenvalue weighted by Crippen LogP contribution is 2.42. The minimum atomic E-state index is -0.508. The Morgan fingerprint density at radius 3 is 2.20 bits per heavy atom. The van der Waals surface area contributed by atoms with Gasteiger partial charge in [0.25, 0.3) is 5.91 Å². The second kappa shape index (κ2) is 15.7. The largest absolute Gasteiger partial charge is 0.392 e. The summed E-state index contributed by atoms with van der Waals surface area (Å²) >= 11 is 0. The normalized spacial score (nSPS) is 22.5. The molecule has 0 spiro atoms. The molecule has 4 unspecified atom stereocenters. The van der Waals surface area contributed by atoms with Gasteiger partial charge >= 0.3 is 0 Å². The Morgan fingerprint density at radius 2 is 1.46 bits per heavy atom. The van der Waals surface area contributed by atoms with Crippen molar-refractivity contribution in [2.75, 3.05) is 19.6 Å². The summed E-state index contributed by atoms with van der Waals surface area (Å²) in [6.45, 7) is 5.84. The maximum Gasteiger partial charge on any atom is 0.251 e. The first-order valence-electron chi connectivity index (χ1n) is 16.8. The number of amides is 1. The molecular weight excluding hydrogens is 572 g/mol. The molecule has 6 rings (SSSR count). The summed E-state index contributed by atoms with van der Waals surface area (Å²) in [5, 5.41) is 12.6. The van der Waals surface area contributed by atoms with Crippen molar-refractivity contribution in [3.05, 3.63) is 131 Å². The van der Waals surface area contributed by atoms with Crippen molar-refractivity contribution < 1.29 is 19.4 Å². The van der Waals surface area contributed by atoms with Crippen LogP contribution in [0.1, 0.15) is 84.0 Å². The van der Waals surface area contributed by atoms with Gasteiger partial charge in [0.2, 0.25) is 0 Å². The topological polar surface area (TPSA) is 71.0 Å². The smallest absolute Gasteiger partial charge is 0.251 e. The van der Waals surface area contributed by atoms with Crippen molar-refractivity contribution in [3.8, 4) is 11.1 Å². The third kappa shape index (κ3) is 8.12. The van der Waals surface area contributed by atoms with Crippen LogP contribution in [0, 0.1) is 5.92 Å². The van der Waals surface area contributed by atoms with Gasteiger partial charge in [-0.25, -0.2) is 0 Å². The van der Waals surface area contributed by atoms with Gasteiger partial charge in [0.15, 0.2) is 6.29 Å². The maximum atomic E-state index is 12.6. The van der Waals surface area contributed by atoms with Crippen molar-refractivity contribution in [3.63, 3.8) is 0 Å². The minimum absolute atomic E-state index is 0.0147. The fraction of sp³-hybridized carbons (Fsp3) is 0.375. The number of hydrogen-bond acceptors (Lipinski definition) is 5. The third-order valence-electron chi connectivity index (χ3n) is 9.42. The van der Waals surface area contributed by atoms with Crippen molar-refractivity contribution in [1.82, 2.24) is 10.2 Å². The van der Waals surface area contributed by atoms with Gasteiger partial charge in [0, 0.05) is 30.1 Å². The van der Waals surface area contributed by atoms with Gasteiger partial charge in [0.1, 0.15) is 0 Å². The molecule has 2 heterocycles. The van der Waals surface area contributed by atoms with Crippen molar-refractivity contribution in [1.29, 1.82) is 0 Å². The fourth-order valence-electron chi connectivity index (χ4n) is 6.68. The molecule has 4 aromatic rings. The van der Waals surface area contributed by atoms with Crippen LogP contribution in [0.4, 0.5) is 0 Å². The summed E-state index contributed by atoms with van der Waals surface area (Å²) < 4.78 is 13.6. The highest BCUT2D eigenvalue weighted by Gasteiger charge is 2.39. The number of aliphatic hydroxyl groups is 1. The minimum Gasteiger partial charge on any atom is -0.392 e. The van der Waals surface area contributed by atoms with Crippen LogP contribution >= 0.6 is 0 Å². The Hall–Kier alpha value is -3.81. The fourth-order valence-corrected chi connectivity index (χ4v) is 6.68. The number of nitrogens with zero attached hydrogens (tertiary/aromatic N) is 1. The van der Waals surface area contributed by atoms with E-state index in [2.05, 4.69) is 65.7 Å². The SMILES string of the molecule is CC1C(CN2CCCCCCC2)OC(c2cccc(-c3cccc(CNC(=O)c4ccccc4)c3)c2)OC1c1ccc(CO)cc1. The molecule has 0 saturated carbocycles. The lowest BCUT2D eigenvalue weighted by molar-refractivity contribution is -0.276. The van der Waals surface area contributed by atoms with E-state index < -0.39 is 6.29 Å². The molecule has 2 fully saturated rings. The Kier molecular flexibility index (Phi) is 10.9. The van der Waals surface area contributed by atoms with Crippen molar-refractivity contribution in [2.45, 2.75) is 70.7 Å². The van der Waals surface area contributed by atoms with E-state index in [1.165, 1.54) is 32.1 Å². The van der Waals surface area contributed by atoms with E-state index >= 15 is 0 Å². The highest BCUT2D eigenvalue weighted by atomic mass is 16.7. The Balaban J connectivity index is 1.22. The van der Waals surface area contributed by atoms with Crippen LogP contribution in [-0.4, -0.2) is 41.7 Å². The lowest BCUT2D eigenvalue weighted by atomic mass is 9.89. The molecule has 4 aromatic carbocycles. The number of hydrogen-bond donors (Lipinski definition) is 2. The number of aliphatic hydroxyl groups excluding tert-OH is 1. The van der Waals surface area contributed by atoms with Gasteiger partial charge in [-0.05, 0) is 78.0 Å². The molecule has 2 N–H and O–H groups in total. The highest BCUT2D eigenvalue weighted by molar-refractivity contribution is 5.94. The van der Waals surface area contributed by atoms with E-state index in [1.54, 1.807) is 0 Å². The number of carbonyl (C=O) groups excluding carboxylic acids is 1. The molecule has 0 radical (unpaired) electrons. The van der Waals surface area contributed by atoms with Gasteiger partial charge in [0.05, 0.1) is 18.8 Å². The Labute approximate surface area is 273 Å². The standard InChI is InChI=1S/C40H46N2O4/c1-29-37(27-42-22-8-3-2-4-9-23-42)45-40(46-38(29)32-20-18-30(28-43)19-21-32)36-17-11-16-35(25-36)34-15-10-12-31(24-34)26-41-39(44)33-13-6-5-7-14-33/h5-7,10-21,24-25,29,37-38,40,43H,2-4,8-9,22-23,26-28H2,1H3,(H,41,44). The van der Waals surface area contributed by atoms with Crippen LogP contribution in [0.5, 0.6) is 0 Å². The molecule has 2 aliphatic heterocycles. The lowest BCUT2D eigenvalue weighted by Crippen LogP contribution is -2.45. The summed E-state index contributed by atoms with van der Waals surface area (Å²) in [4.78, 5) is 15.2. The van der Waals surface area contributed by atoms with Gasteiger partial charge in [-0.2, -0.15) is 0 Å². The predicted molar refractivity (Wildman–Crippen MR) is 182 cm³/mol. The molecule has 0 bridgehead atoms. The zero-order chi connectivity index (χ0) is 31.7. The van der Waals surface area contributed by atoms with Crippen LogP contribution in [-0.2, 0) is 22.6 Å². The molecule has 240 valence electrons. The monoisotopic (exact) mass is 618 g/mol. The average Bonchev–Trinajstić information content (AvgIpc) is 3.09. The number of carbonyl (C=O) groups is 1. The second-order valence-electron chi connectivity index (χ2n) is 12.8. The molecule has 2 saturated heterocycles. The van der Waals surface area contributed by atoms with Gasteiger partial charge in [-0.15, -0.1) is 0 Å². The van der Waals surface area contributed by atoms with Crippen LogP contribution in [0.25, 0.3) is 11.1 Å². The van der Waals surface area contributed by atoms with Gasteiger partial charge in [-0.3, -0.25) is 4.79 Å². The van der Waals surface area contributed by atoms with E-state index in [4.69, 9.17) is 9.47 Å². The van der Waals surface area contributed by atoms with E-state index in [0.29, 0.717) is 12.1 Å². The maximum absolute atomic E-state index is 12.6. The molecule has 4 atom stereocenters. The number of benzene rings is 4.